The van der Waals surface area contributed by atoms with E-state index >= 15 is 0 Å². The average molecular weight is 1730 g/mol. The number of aliphatic hydroxyl groups is 6. The predicted molar refractivity (Wildman–Crippen MR) is 461 cm³/mol. The van der Waals surface area contributed by atoms with Crippen LogP contribution in [0, 0.1) is 82.9 Å². The minimum atomic E-state index is -2.45. The van der Waals surface area contributed by atoms with Crippen molar-refractivity contribution in [1.29, 1.82) is 0 Å². The van der Waals surface area contributed by atoms with Crippen LogP contribution in [0.3, 0.4) is 0 Å². The molecule has 2 saturated carbocycles. The Labute approximate surface area is 729 Å². The summed E-state index contributed by atoms with van der Waals surface area (Å²) in [5.41, 5.74) is 4.70. The van der Waals surface area contributed by atoms with E-state index in [1.807, 2.05) is 91.0 Å². The van der Waals surface area contributed by atoms with Crippen LogP contribution in [-0.4, -0.2) is 219 Å². The highest BCUT2D eigenvalue weighted by Crippen LogP contribution is 2.45. The molecule has 0 spiro atoms. The number of benzene rings is 1. The van der Waals surface area contributed by atoms with Crippen molar-refractivity contribution >= 4 is 53.3 Å². The van der Waals surface area contributed by atoms with Crippen LogP contribution in [0.15, 0.2) is 70.9 Å². The number of ketones is 3. The number of fused-ring (bicyclic) bond motifs is 6. The van der Waals surface area contributed by atoms with Gasteiger partial charge in [0.2, 0.25) is 11.6 Å². The first-order valence-corrected chi connectivity index (χ1v) is 46.1. The molecule has 8 N–H and O–H groups in total. The van der Waals surface area contributed by atoms with Gasteiger partial charge in [0, 0.05) is 76.4 Å². The average Bonchev–Trinajstić information content (AvgIpc) is 0.795. The number of methoxy groups -OCH3 is 2. The zero-order valence-electron chi connectivity index (χ0n) is 76.2. The normalized spacial score (nSPS) is 38.8. The molecule has 4 bridgehead atoms. The van der Waals surface area contributed by atoms with Crippen LogP contribution in [0.1, 0.15) is 256 Å². The number of hydrogen-bond acceptors (Lipinski definition) is 23. The Morgan fingerprint density at radius 1 is 0.496 bits per heavy atom. The largest absolute Gasteiger partial charge is 0.456 e. The van der Waals surface area contributed by atoms with E-state index in [1.54, 1.807) is 41.9 Å². The van der Waals surface area contributed by atoms with Crippen molar-refractivity contribution in [2.75, 3.05) is 40.5 Å². The van der Waals surface area contributed by atoms with E-state index in [2.05, 4.69) is 37.5 Å². The maximum atomic E-state index is 14.8. The summed E-state index contributed by atoms with van der Waals surface area (Å²) in [6, 6.07) is 4.91. The van der Waals surface area contributed by atoms with Crippen molar-refractivity contribution in [1.82, 2.24) is 20.4 Å². The lowest BCUT2D eigenvalue weighted by Crippen LogP contribution is -2.62. The molecule has 28 atom stereocenters. The summed E-state index contributed by atoms with van der Waals surface area (Å²) in [6.07, 6.45) is 9.03. The number of ether oxygens (including phenoxy) is 8. The van der Waals surface area contributed by atoms with Crippen molar-refractivity contribution in [2.24, 2.45) is 82.9 Å². The van der Waals surface area contributed by atoms with Crippen LogP contribution in [0.2, 0.25) is 0 Å². The van der Waals surface area contributed by atoms with E-state index in [4.69, 9.17) is 37.9 Å². The number of amides is 4. The highest BCUT2D eigenvalue weighted by Gasteiger charge is 2.57. The number of esters is 2. The number of carbonyl (C=O) groups is 9. The van der Waals surface area contributed by atoms with Crippen LogP contribution in [0.25, 0.3) is 0 Å². The van der Waals surface area contributed by atoms with Crippen molar-refractivity contribution in [3.8, 4) is 0 Å². The minimum absolute atomic E-state index is 0.0146. The Bertz CT molecular complexity index is 3860. The molecular formula is C96H148N4O23. The van der Waals surface area contributed by atoms with E-state index in [1.165, 1.54) is 9.80 Å². The molecule has 27 nitrogen and oxygen atoms in total. The van der Waals surface area contributed by atoms with Crippen LogP contribution in [-0.2, 0) is 84.5 Å². The SMILES string of the molecule is CO[C@@H]1C[C@H](/C=C(\C)C2OC(=O)[C@@H]3CCCCN3C(=O)C(=O)[C@]3(O)OC([C@H](C)C[C@H]3C)[C@@H](C)C[C@@H](C)C/C(C)=C/[C@@H](CCOC(=O)NCc3ccc(CNC(=O)OCC[C@@H]4/C=C(\C)C[C@H](C)C[C@H](C)C5O[C@@](O)(C(=O)C(=O)N6CCCC[C@H]6C(=O)OC(/C(C)=C/[C@@H]6CC[C@@H](O)[C@H](OC)C6)[C@H](C)[C@@H](O)CC4=O)[C@H](C)C[C@H]5C)cc3)CC[C@H](O)[C@H]2C)CC[C@H]1O. The van der Waals surface area contributed by atoms with Gasteiger partial charge < -0.3 is 89.0 Å². The molecular weight excluding hydrogens is 1580 g/mol. The fourth-order valence-corrected chi connectivity index (χ4v) is 21.3. The van der Waals surface area contributed by atoms with Crippen LogP contribution in [0.5, 0.6) is 0 Å². The lowest BCUT2D eigenvalue weighted by atomic mass is 9.76. The Kier molecular flexibility index (Phi) is 37.2. The Morgan fingerprint density at radius 3 is 1.33 bits per heavy atom. The summed E-state index contributed by atoms with van der Waals surface area (Å²) in [7, 11) is 3.11. The molecule has 1 aromatic rings. The van der Waals surface area contributed by atoms with E-state index in [0.29, 0.717) is 127 Å². The summed E-state index contributed by atoms with van der Waals surface area (Å²) in [5.74, 6) is -15.4. The van der Waals surface area contributed by atoms with Gasteiger partial charge in [0.1, 0.15) is 30.1 Å². The molecule has 690 valence electrons. The second-order valence-electron chi connectivity index (χ2n) is 38.7. The van der Waals surface area contributed by atoms with E-state index in [0.717, 1.165) is 22.3 Å². The first-order valence-electron chi connectivity index (χ1n) is 46.1. The maximum absolute atomic E-state index is 14.8. The van der Waals surface area contributed by atoms with Gasteiger partial charge in [-0.1, -0.05) is 129 Å². The smallest absolute Gasteiger partial charge is 0.407 e. The van der Waals surface area contributed by atoms with Crippen molar-refractivity contribution in [3.63, 3.8) is 0 Å². The number of cyclic esters (lactones) is 2. The summed E-state index contributed by atoms with van der Waals surface area (Å²) >= 11 is 0. The van der Waals surface area contributed by atoms with E-state index in [9.17, 15) is 73.8 Å². The lowest BCUT2D eigenvalue weighted by molar-refractivity contribution is -0.282. The molecule has 2 aliphatic carbocycles. The zero-order valence-corrected chi connectivity index (χ0v) is 76.2. The monoisotopic (exact) mass is 1730 g/mol. The molecule has 0 radical (unpaired) electrons. The summed E-state index contributed by atoms with van der Waals surface area (Å²) in [5, 5.41) is 76.0. The van der Waals surface area contributed by atoms with Crippen molar-refractivity contribution < 1.29 is 112 Å². The summed E-state index contributed by atoms with van der Waals surface area (Å²) in [4.78, 5) is 132. The number of hydrogen-bond donors (Lipinski definition) is 8. The quantitative estimate of drug-likeness (QED) is 0.0330. The van der Waals surface area contributed by atoms with Crippen LogP contribution < -0.4 is 10.6 Å². The predicted octanol–water partition coefficient (Wildman–Crippen LogP) is 12.4. The number of nitrogens with zero attached hydrogens (tertiary/aromatic N) is 2. The highest BCUT2D eigenvalue weighted by molar-refractivity contribution is 6.39. The first kappa shape index (κ1) is 100.0. The molecule has 9 rings (SSSR count). The Morgan fingerprint density at radius 2 is 0.894 bits per heavy atom. The number of carbonyl (C=O) groups excluding carboxylic acids is 9. The number of allylic oxidation sites excluding steroid dienone is 6. The number of rotatable bonds is 16. The third-order valence-corrected chi connectivity index (χ3v) is 28.4. The van der Waals surface area contributed by atoms with Crippen LogP contribution in [0.4, 0.5) is 9.59 Å². The number of Topliss-reactive ketones (excluding diaryl/α,β-unsaturated/α-hetero) is 3. The van der Waals surface area contributed by atoms with Gasteiger partial charge in [-0.2, -0.15) is 0 Å². The topological polar surface area (TPSA) is 379 Å². The fourth-order valence-electron chi connectivity index (χ4n) is 21.3. The molecule has 27 heteroatoms. The first-order chi connectivity index (χ1) is 58.2. The van der Waals surface area contributed by atoms with Gasteiger partial charge in [-0.3, -0.25) is 24.0 Å². The third-order valence-electron chi connectivity index (χ3n) is 28.4. The molecule has 0 aromatic heterocycles. The Balaban J connectivity index is 0.835. The molecule has 6 fully saturated rings. The number of nitrogens with one attached hydrogen (secondary N) is 2. The van der Waals surface area contributed by atoms with E-state index < -0.39 is 162 Å². The van der Waals surface area contributed by atoms with Crippen molar-refractivity contribution in [2.45, 2.75) is 342 Å². The van der Waals surface area contributed by atoms with Crippen LogP contribution >= 0.6 is 0 Å². The van der Waals surface area contributed by atoms with E-state index in [-0.39, 0.29) is 131 Å². The molecule has 123 heavy (non-hydrogen) atoms. The molecule has 6 heterocycles. The molecule has 6 aliphatic heterocycles. The fraction of sp³-hybridized carbons (Fsp3) is 0.760. The second-order valence-corrected chi connectivity index (χ2v) is 38.7. The Hall–Kier alpha value is -6.79. The standard InChI is InChI=1S/C96H148N4O23/c1-54-39-56(3)43-68(27-30-76(101)66(13)85(62(9)47-71-28-31-77(102)81(49-71)116-15)120-91(110)74-21-17-19-35-99(74)89(108)87(106)95(114)64(11)45-60(7)83(122-95)58(5)41-54)33-37-118-93(112)97-52-69-23-25-70(26-24-69)53-98-94(113)119-38-34-73-44-57(4)40-55(2)42-59(6)84-61(8)46-65(12)96(115,123-84)88(107)90(109)100-36-20-18-22-75(100)92(111)121-86(67(14)79(104)51-80(73)105)63(10)48-72-29-32-78(103)82(50-72)117-16/h23-26,43-44,47-48,54-55,58-61,64-68,71-79,81-86,101-104,114-115H,17-22,27-42,45-46,49-53H2,1-16H3,(H,97,112)(H,98,113)/b56-43+,57-44+,62-47+,63-48+/t54-,55-,58-,59-,60+,61+,64+,65+,66+,67+,68+,71-,72-,73+,74-,75-,76-,77+,78+,79-,81+,82+,83?,84?,85?,86?,95+,96+/m0/s1. The van der Waals surface area contributed by atoms with Gasteiger partial charge in [0.05, 0.1) is 62.0 Å². The summed E-state index contributed by atoms with van der Waals surface area (Å²) < 4.78 is 48.6. The van der Waals surface area contributed by atoms with Gasteiger partial charge in [0.25, 0.3) is 23.4 Å². The molecule has 4 unspecified atom stereocenters. The van der Waals surface area contributed by atoms with Gasteiger partial charge in [0.15, 0.2) is 0 Å². The van der Waals surface area contributed by atoms with Gasteiger partial charge in [-0.05, 0) is 244 Å². The molecule has 4 amide bonds. The van der Waals surface area contributed by atoms with Gasteiger partial charge >= 0.3 is 24.1 Å². The summed E-state index contributed by atoms with van der Waals surface area (Å²) in [6.45, 7) is 27.1. The van der Waals surface area contributed by atoms with Gasteiger partial charge in [-0.25, -0.2) is 19.2 Å². The second kappa shape index (κ2) is 45.8. The third kappa shape index (κ3) is 26.5. The number of alkyl carbamates (subject to hydrolysis) is 2. The minimum Gasteiger partial charge on any atom is -0.456 e. The molecule has 4 saturated heterocycles. The van der Waals surface area contributed by atoms with Gasteiger partial charge in [-0.15, -0.1) is 0 Å². The molecule has 1 aromatic carbocycles. The number of piperidine rings is 2. The highest BCUT2D eigenvalue weighted by atomic mass is 16.6. The molecule has 8 aliphatic rings. The number of aliphatic hydroxyl groups excluding tert-OH is 4. The maximum Gasteiger partial charge on any atom is 0.407 e. The zero-order chi connectivity index (χ0) is 90.1. The lowest BCUT2D eigenvalue weighted by Gasteiger charge is -2.46. The van der Waals surface area contributed by atoms with Crippen molar-refractivity contribution in [3.05, 3.63) is 82.0 Å².